The molecule has 0 saturated carbocycles. The number of hydrogen-bond donors (Lipinski definition) is 1. The van der Waals surface area contributed by atoms with Crippen LogP contribution in [0.1, 0.15) is 18.4 Å². The second kappa shape index (κ2) is 7.17. The first-order valence-electron chi connectivity index (χ1n) is 9.52. The lowest BCUT2D eigenvalue weighted by atomic mass is 9.95. The first-order valence-corrected chi connectivity index (χ1v) is 11.3. The van der Waals surface area contributed by atoms with Crippen LogP contribution in [0.15, 0.2) is 45.7 Å². The molecule has 3 aliphatic heterocycles. The summed E-state index contributed by atoms with van der Waals surface area (Å²) in [6.07, 6.45) is 1.16. The van der Waals surface area contributed by atoms with E-state index in [1.807, 2.05) is 4.90 Å². The molecule has 3 aliphatic rings. The highest BCUT2D eigenvalue weighted by molar-refractivity contribution is 7.90. The van der Waals surface area contributed by atoms with Crippen LogP contribution in [0.4, 0.5) is 5.69 Å². The van der Waals surface area contributed by atoms with Crippen LogP contribution in [-0.4, -0.2) is 44.9 Å². The average Bonchev–Trinajstić information content (AvgIpc) is 3.30. The molecule has 0 atom stereocenters. The minimum atomic E-state index is -3.65. The number of amidine groups is 1. The Kier molecular flexibility index (Phi) is 4.59. The molecule has 10 heteroatoms. The Morgan fingerprint density at radius 3 is 2.60 bits per heavy atom. The molecule has 0 aromatic heterocycles. The molecule has 1 saturated heterocycles. The average molecular weight is 448 g/mol. The van der Waals surface area contributed by atoms with E-state index in [-0.39, 0.29) is 23.5 Å². The van der Waals surface area contributed by atoms with Crippen LogP contribution in [0.5, 0.6) is 11.5 Å². The van der Waals surface area contributed by atoms with E-state index < -0.39 is 10.0 Å². The van der Waals surface area contributed by atoms with E-state index in [4.69, 9.17) is 21.1 Å². The van der Waals surface area contributed by atoms with Crippen molar-refractivity contribution in [2.45, 2.75) is 17.7 Å². The van der Waals surface area contributed by atoms with E-state index in [9.17, 15) is 13.2 Å². The fraction of sp³-hybridized carbons (Fsp3) is 0.300. The Balaban J connectivity index is 1.26. The Labute approximate surface area is 178 Å². The third-order valence-corrected chi connectivity index (χ3v) is 7.14. The summed E-state index contributed by atoms with van der Waals surface area (Å²) in [4.78, 5) is 14.9. The van der Waals surface area contributed by atoms with Gasteiger partial charge in [0.15, 0.2) is 17.3 Å². The van der Waals surface area contributed by atoms with Crippen molar-refractivity contribution in [1.82, 2.24) is 4.90 Å². The standard InChI is InChI=1S/C20H18ClN3O5S/c21-14-9-16-17(29-11-28-16)10-15(14)22-20(25)12-5-7-24(8-6-12)19-13-3-1-2-4-18(13)30(26,27)23-19/h1-4,9-10,12H,5-8,11H2,(H,22,25). The molecule has 0 bridgehead atoms. The van der Waals surface area contributed by atoms with Crippen molar-refractivity contribution in [2.75, 3.05) is 25.2 Å². The van der Waals surface area contributed by atoms with Crippen LogP contribution >= 0.6 is 11.6 Å². The summed E-state index contributed by atoms with van der Waals surface area (Å²) < 4.78 is 39.1. The van der Waals surface area contributed by atoms with Gasteiger partial charge in [0.25, 0.3) is 10.0 Å². The maximum Gasteiger partial charge on any atom is 0.285 e. The number of rotatable bonds is 2. The van der Waals surface area contributed by atoms with Gasteiger partial charge in [-0.2, -0.15) is 8.42 Å². The molecule has 3 heterocycles. The van der Waals surface area contributed by atoms with Crippen molar-refractivity contribution < 1.29 is 22.7 Å². The molecule has 1 N–H and O–H groups in total. The van der Waals surface area contributed by atoms with E-state index in [1.54, 1.807) is 36.4 Å². The number of carbonyl (C=O) groups is 1. The van der Waals surface area contributed by atoms with E-state index in [2.05, 4.69) is 9.71 Å². The van der Waals surface area contributed by atoms with Gasteiger partial charge in [0.2, 0.25) is 12.7 Å². The summed E-state index contributed by atoms with van der Waals surface area (Å²) in [5, 5.41) is 3.25. The van der Waals surface area contributed by atoms with Gasteiger partial charge in [0.1, 0.15) is 4.90 Å². The Morgan fingerprint density at radius 2 is 1.83 bits per heavy atom. The lowest BCUT2D eigenvalue weighted by molar-refractivity contribution is -0.120. The highest BCUT2D eigenvalue weighted by Gasteiger charge is 2.34. The summed E-state index contributed by atoms with van der Waals surface area (Å²) >= 11 is 6.24. The first-order chi connectivity index (χ1) is 14.4. The molecule has 2 aromatic carbocycles. The van der Waals surface area contributed by atoms with Gasteiger partial charge in [-0.15, -0.1) is 4.40 Å². The lowest BCUT2D eigenvalue weighted by Crippen LogP contribution is -2.41. The van der Waals surface area contributed by atoms with Gasteiger partial charge in [0, 0.05) is 36.7 Å². The third-order valence-electron chi connectivity index (χ3n) is 5.50. The van der Waals surface area contributed by atoms with Gasteiger partial charge in [0.05, 0.1) is 10.7 Å². The van der Waals surface area contributed by atoms with Gasteiger partial charge in [-0.3, -0.25) is 4.79 Å². The topological polar surface area (TPSA) is 97.3 Å². The SMILES string of the molecule is O=C(Nc1cc2c(cc1Cl)OCO2)C1CCN(C2=NS(=O)(=O)c3ccccc32)CC1. The molecule has 0 unspecified atom stereocenters. The Morgan fingerprint density at radius 1 is 1.13 bits per heavy atom. The minimum Gasteiger partial charge on any atom is -0.454 e. The monoisotopic (exact) mass is 447 g/mol. The van der Waals surface area contributed by atoms with Crippen LogP contribution < -0.4 is 14.8 Å². The summed E-state index contributed by atoms with van der Waals surface area (Å²) in [6, 6.07) is 10.1. The number of benzene rings is 2. The number of fused-ring (bicyclic) bond motifs is 2. The molecular formula is C20H18ClN3O5S. The van der Waals surface area contributed by atoms with E-state index in [1.165, 1.54) is 0 Å². The van der Waals surface area contributed by atoms with Crippen molar-refractivity contribution >= 4 is 39.1 Å². The highest BCUT2D eigenvalue weighted by Crippen LogP contribution is 2.39. The molecule has 1 amide bonds. The summed E-state index contributed by atoms with van der Waals surface area (Å²) in [6.45, 7) is 1.20. The molecule has 156 valence electrons. The fourth-order valence-corrected chi connectivity index (χ4v) is 5.35. The maximum atomic E-state index is 12.8. The number of ether oxygens (including phenoxy) is 2. The Bertz CT molecular complexity index is 1170. The van der Waals surface area contributed by atoms with Crippen LogP contribution in [0.2, 0.25) is 5.02 Å². The highest BCUT2D eigenvalue weighted by atomic mass is 35.5. The zero-order valence-corrected chi connectivity index (χ0v) is 17.4. The van der Waals surface area contributed by atoms with Crippen LogP contribution in [0.3, 0.4) is 0 Å². The van der Waals surface area contributed by atoms with Crippen molar-refractivity contribution in [3.05, 3.63) is 47.0 Å². The molecule has 5 rings (SSSR count). The van der Waals surface area contributed by atoms with E-state index in [0.29, 0.717) is 59.5 Å². The van der Waals surface area contributed by atoms with E-state index in [0.717, 1.165) is 0 Å². The zero-order chi connectivity index (χ0) is 20.9. The van der Waals surface area contributed by atoms with Crippen LogP contribution in [0, 0.1) is 5.92 Å². The quantitative estimate of drug-likeness (QED) is 0.760. The smallest absolute Gasteiger partial charge is 0.285 e. The van der Waals surface area contributed by atoms with Crippen molar-refractivity contribution in [1.29, 1.82) is 0 Å². The second-order valence-electron chi connectivity index (χ2n) is 7.32. The van der Waals surface area contributed by atoms with Crippen LogP contribution in [-0.2, 0) is 14.8 Å². The number of nitrogens with zero attached hydrogens (tertiary/aromatic N) is 2. The maximum absolute atomic E-state index is 12.8. The number of sulfonamides is 1. The molecule has 0 spiro atoms. The molecule has 8 nitrogen and oxygen atoms in total. The lowest BCUT2D eigenvalue weighted by Gasteiger charge is -2.32. The van der Waals surface area contributed by atoms with Crippen LogP contribution in [0.25, 0.3) is 0 Å². The molecule has 1 fully saturated rings. The van der Waals surface area contributed by atoms with Gasteiger partial charge >= 0.3 is 0 Å². The Hall–Kier alpha value is -2.78. The molecule has 30 heavy (non-hydrogen) atoms. The first kappa shape index (κ1) is 19.2. The van der Waals surface area contributed by atoms with E-state index >= 15 is 0 Å². The largest absolute Gasteiger partial charge is 0.454 e. The molecule has 0 aliphatic carbocycles. The molecule has 2 aromatic rings. The number of hydrogen-bond acceptors (Lipinski definition) is 6. The second-order valence-corrected chi connectivity index (χ2v) is 9.30. The minimum absolute atomic E-state index is 0.128. The predicted octanol–water partition coefficient (Wildman–Crippen LogP) is 2.87. The van der Waals surface area contributed by atoms with Gasteiger partial charge in [-0.25, -0.2) is 0 Å². The third kappa shape index (κ3) is 3.27. The summed E-state index contributed by atoms with van der Waals surface area (Å²) in [7, 11) is -3.65. The fourth-order valence-electron chi connectivity index (χ4n) is 3.92. The number of likely N-dealkylation sites (tertiary alicyclic amines) is 1. The normalized spacial score (nSPS) is 19.4. The zero-order valence-electron chi connectivity index (χ0n) is 15.8. The van der Waals surface area contributed by atoms with Crippen molar-refractivity contribution in [2.24, 2.45) is 10.3 Å². The molecular weight excluding hydrogens is 430 g/mol. The van der Waals surface area contributed by atoms with Gasteiger partial charge in [-0.1, -0.05) is 23.7 Å². The number of carbonyl (C=O) groups excluding carboxylic acids is 1. The number of piperidine rings is 1. The van der Waals surface area contributed by atoms with Crippen molar-refractivity contribution in [3.8, 4) is 11.5 Å². The number of anilines is 1. The number of halogens is 1. The summed E-state index contributed by atoms with van der Waals surface area (Å²) in [5.74, 6) is 1.22. The summed E-state index contributed by atoms with van der Waals surface area (Å²) in [5.41, 5.74) is 1.10. The van der Waals surface area contributed by atoms with Gasteiger partial charge in [-0.05, 0) is 25.0 Å². The van der Waals surface area contributed by atoms with Gasteiger partial charge < -0.3 is 19.7 Å². The number of nitrogens with one attached hydrogen (secondary N) is 1. The van der Waals surface area contributed by atoms with Crippen molar-refractivity contribution in [3.63, 3.8) is 0 Å². The predicted molar refractivity (Wildman–Crippen MR) is 111 cm³/mol. The number of amides is 1. The molecule has 0 radical (unpaired) electrons.